The second kappa shape index (κ2) is 5.44. The smallest absolute Gasteiger partial charge is 0.141 e. The van der Waals surface area contributed by atoms with Crippen LogP contribution in [0.1, 0.15) is 38.2 Å². The fraction of sp³-hybridized carbons (Fsp3) is 0.600. The fourth-order valence-electron chi connectivity index (χ4n) is 2.73. The fourth-order valence-corrected chi connectivity index (χ4v) is 2.73. The van der Waals surface area contributed by atoms with Crippen LogP contribution in [0.15, 0.2) is 18.2 Å². The lowest BCUT2D eigenvalue weighted by molar-refractivity contribution is 0.415. The average molecular weight is 233 g/mol. The Kier molecular flexibility index (Phi) is 3.93. The molecule has 0 spiro atoms. The number of anilines is 1. The van der Waals surface area contributed by atoms with E-state index in [0.717, 1.165) is 17.4 Å². The SMILES string of the molecule is CCC1CCC(Nc2cc(C)ccc2OC)C1. The van der Waals surface area contributed by atoms with Gasteiger partial charge in [-0.25, -0.2) is 0 Å². The van der Waals surface area contributed by atoms with E-state index in [-0.39, 0.29) is 0 Å². The van der Waals surface area contributed by atoms with Gasteiger partial charge in [0.05, 0.1) is 12.8 Å². The van der Waals surface area contributed by atoms with Crippen LogP contribution in [0.3, 0.4) is 0 Å². The quantitative estimate of drug-likeness (QED) is 0.849. The molecule has 0 radical (unpaired) electrons. The van der Waals surface area contributed by atoms with E-state index < -0.39 is 0 Å². The molecule has 2 unspecified atom stereocenters. The topological polar surface area (TPSA) is 21.3 Å². The van der Waals surface area contributed by atoms with E-state index in [1.165, 1.54) is 31.2 Å². The molecule has 17 heavy (non-hydrogen) atoms. The second-order valence-corrected chi connectivity index (χ2v) is 5.13. The third-order valence-electron chi connectivity index (χ3n) is 3.83. The van der Waals surface area contributed by atoms with Gasteiger partial charge >= 0.3 is 0 Å². The minimum Gasteiger partial charge on any atom is -0.495 e. The number of ether oxygens (including phenoxy) is 1. The number of nitrogens with one attached hydrogen (secondary N) is 1. The first-order valence-electron chi connectivity index (χ1n) is 6.64. The zero-order valence-electron chi connectivity index (χ0n) is 11.1. The Hall–Kier alpha value is -1.18. The van der Waals surface area contributed by atoms with Crippen molar-refractivity contribution in [2.24, 2.45) is 5.92 Å². The molecule has 1 saturated carbocycles. The standard InChI is InChI=1S/C15H23NO/c1-4-12-6-7-13(10-12)16-14-9-11(2)5-8-15(14)17-3/h5,8-9,12-13,16H,4,6-7,10H2,1-3H3. The van der Waals surface area contributed by atoms with Gasteiger partial charge < -0.3 is 10.1 Å². The first-order valence-corrected chi connectivity index (χ1v) is 6.64. The van der Waals surface area contributed by atoms with Crippen LogP contribution in [-0.4, -0.2) is 13.2 Å². The van der Waals surface area contributed by atoms with Crippen LogP contribution in [0.25, 0.3) is 0 Å². The van der Waals surface area contributed by atoms with Crippen molar-refractivity contribution in [1.82, 2.24) is 0 Å². The maximum Gasteiger partial charge on any atom is 0.141 e. The molecule has 0 aliphatic heterocycles. The molecule has 1 aliphatic rings. The Labute approximate surface area is 104 Å². The summed E-state index contributed by atoms with van der Waals surface area (Å²) in [5, 5.41) is 3.64. The summed E-state index contributed by atoms with van der Waals surface area (Å²) in [5.74, 6) is 1.86. The van der Waals surface area contributed by atoms with Crippen molar-refractivity contribution in [3.8, 4) is 5.75 Å². The van der Waals surface area contributed by atoms with E-state index in [4.69, 9.17) is 4.74 Å². The van der Waals surface area contributed by atoms with Gasteiger partial charge in [-0.15, -0.1) is 0 Å². The van der Waals surface area contributed by atoms with Gasteiger partial charge in [0.25, 0.3) is 0 Å². The normalized spacial score (nSPS) is 23.7. The molecule has 1 aromatic rings. The first-order chi connectivity index (χ1) is 8.22. The Bertz CT molecular complexity index is 375. The summed E-state index contributed by atoms with van der Waals surface area (Å²) in [7, 11) is 1.74. The molecule has 2 heteroatoms. The molecular weight excluding hydrogens is 210 g/mol. The van der Waals surface area contributed by atoms with Crippen LogP contribution < -0.4 is 10.1 Å². The maximum absolute atomic E-state index is 5.40. The van der Waals surface area contributed by atoms with Crippen molar-refractivity contribution in [2.75, 3.05) is 12.4 Å². The molecular formula is C15H23NO. The summed E-state index contributed by atoms with van der Waals surface area (Å²) < 4.78 is 5.40. The Balaban J connectivity index is 2.05. The molecule has 0 amide bonds. The lowest BCUT2D eigenvalue weighted by Crippen LogP contribution is -2.16. The van der Waals surface area contributed by atoms with E-state index in [2.05, 4.69) is 31.3 Å². The van der Waals surface area contributed by atoms with Crippen molar-refractivity contribution in [1.29, 1.82) is 0 Å². The lowest BCUT2D eigenvalue weighted by Gasteiger charge is -2.17. The minimum atomic E-state index is 0.621. The lowest BCUT2D eigenvalue weighted by atomic mass is 10.1. The van der Waals surface area contributed by atoms with Crippen LogP contribution >= 0.6 is 0 Å². The average Bonchev–Trinajstić information content (AvgIpc) is 2.77. The van der Waals surface area contributed by atoms with Gasteiger partial charge in [0.1, 0.15) is 5.75 Å². The van der Waals surface area contributed by atoms with Gasteiger partial charge in [-0.3, -0.25) is 0 Å². The molecule has 94 valence electrons. The number of rotatable bonds is 4. The number of methoxy groups -OCH3 is 1. The molecule has 1 aromatic carbocycles. The summed E-state index contributed by atoms with van der Waals surface area (Å²) in [5.41, 5.74) is 2.42. The first kappa shape index (κ1) is 12.3. The molecule has 2 nitrogen and oxygen atoms in total. The highest BCUT2D eigenvalue weighted by Crippen LogP contribution is 2.33. The Morgan fingerprint density at radius 3 is 2.82 bits per heavy atom. The van der Waals surface area contributed by atoms with Gasteiger partial charge in [0, 0.05) is 6.04 Å². The van der Waals surface area contributed by atoms with Crippen LogP contribution in [0.5, 0.6) is 5.75 Å². The van der Waals surface area contributed by atoms with Crippen molar-refractivity contribution < 1.29 is 4.74 Å². The van der Waals surface area contributed by atoms with E-state index in [0.29, 0.717) is 6.04 Å². The third-order valence-corrected chi connectivity index (χ3v) is 3.83. The summed E-state index contributed by atoms with van der Waals surface area (Å²) in [6.45, 7) is 4.41. The number of benzene rings is 1. The zero-order valence-corrected chi connectivity index (χ0v) is 11.1. The summed E-state index contributed by atoms with van der Waals surface area (Å²) in [6.07, 6.45) is 5.26. The van der Waals surface area contributed by atoms with E-state index in [1.807, 2.05) is 6.07 Å². The highest BCUT2D eigenvalue weighted by Gasteiger charge is 2.23. The van der Waals surface area contributed by atoms with Crippen molar-refractivity contribution in [3.63, 3.8) is 0 Å². The second-order valence-electron chi connectivity index (χ2n) is 5.13. The minimum absolute atomic E-state index is 0.621. The van der Waals surface area contributed by atoms with Gasteiger partial charge in [0.15, 0.2) is 0 Å². The van der Waals surface area contributed by atoms with Crippen molar-refractivity contribution in [2.45, 2.75) is 45.6 Å². The van der Waals surface area contributed by atoms with Gasteiger partial charge in [-0.1, -0.05) is 19.4 Å². The molecule has 0 bridgehead atoms. The molecule has 0 aromatic heterocycles. The van der Waals surface area contributed by atoms with Gasteiger partial charge in [0.2, 0.25) is 0 Å². The van der Waals surface area contributed by atoms with E-state index in [9.17, 15) is 0 Å². The number of aryl methyl sites for hydroxylation is 1. The number of hydrogen-bond donors (Lipinski definition) is 1. The predicted molar refractivity (Wildman–Crippen MR) is 72.8 cm³/mol. The molecule has 1 N–H and O–H groups in total. The Morgan fingerprint density at radius 1 is 1.35 bits per heavy atom. The summed E-state index contributed by atoms with van der Waals surface area (Å²) in [4.78, 5) is 0. The van der Waals surface area contributed by atoms with Crippen LogP contribution in [-0.2, 0) is 0 Å². The highest BCUT2D eigenvalue weighted by atomic mass is 16.5. The van der Waals surface area contributed by atoms with Gasteiger partial charge in [-0.05, 0) is 49.8 Å². The Morgan fingerprint density at radius 2 is 2.18 bits per heavy atom. The van der Waals surface area contributed by atoms with Crippen LogP contribution in [0, 0.1) is 12.8 Å². The molecule has 1 fully saturated rings. The van der Waals surface area contributed by atoms with E-state index >= 15 is 0 Å². The molecule has 2 rings (SSSR count). The number of hydrogen-bond acceptors (Lipinski definition) is 2. The summed E-state index contributed by atoms with van der Waals surface area (Å²) >= 11 is 0. The van der Waals surface area contributed by atoms with Gasteiger partial charge in [-0.2, -0.15) is 0 Å². The van der Waals surface area contributed by atoms with Crippen molar-refractivity contribution >= 4 is 5.69 Å². The molecule has 1 aliphatic carbocycles. The van der Waals surface area contributed by atoms with Crippen LogP contribution in [0.4, 0.5) is 5.69 Å². The monoisotopic (exact) mass is 233 g/mol. The molecule has 0 heterocycles. The highest BCUT2D eigenvalue weighted by molar-refractivity contribution is 5.58. The largest absolute Gasteiger partial charge is 0.495 e. The summed E-state index contributed by atoms with van der Waals surface area (Å²) in [6, 6.07) is 6.94. The van der Waals surface area contributed by atoms with Crippen LogP contribution in [0.2, 0.25) is 0 Å². The third kappa shape index (κ3) is 2.93. The van der Waals surface area contributed by atoms with Crippen molar-refractivity contribution in [3.05, 3.63) is 23.8 Å². The van der Waals surface area contributed by atoms with E-state index in [1.54, 1.807) is 7.11 Å². The molecule has 0 saturated heterocycles. The predicted octanol–water partition coefficient (Wildman–Crippen LogP) is 3.99. The molecule has 2 atom stereocenters. The zero-order chi connectivity index (χ0) is 12.3. The maximum atomic E-state index is 5.40.